The first-order chi connectivity index (χ1) is 6.53. The molecule has 84 valence electrons. The van der Waals surface area contributed by atoms with Gasteiger partial charge in [0, 0.05) is 31.3 Å². The Balaban J connectivity index is 2.41. The quantitative estimate of drug-likeness (QED) is 0.649. The van der Waals surface area contributed by atoms with E-state index in [4.69, 9.17) is 16.3 Å². The van der Waals surface area contributed by atoms with Crippen LogP contribution in [0.1, 0.15) is 0 Å². The molecule has 6 heteroatoms. The standard InChI is InChI=1S/C8H16ClNO3S/c1-14(11,12)5-3-10-2-4-13-7-8(10)6-9/h8H,2-7H2,1H3. The molecule has 1 rings (SSSR count). The molecule has 1 unspecified atom stereocenters. The molecule has 1 aliphatic rings. The minimum absolute atomic E-state index is 0.159. The van der Waals surface area contributed by atoms with Gasteiger partial charge in [0.1, 0.15) is 9.84 Å². The lowest BCUT2D eigenvalue weighted by molar-refractivity contribution is 0.00413. The predicted octanol–water partition coefficient (Wildman–Crippen LogP) is -0.0294. The Morgan fingerprint density at radius 2 is 2.29 bits per heavy atom. The van der Waals surface area contributed by atoms with E-state index in [0.29, 0.717) is 25.6 Å². The first-order valence-corrected chi connectivity index (χ1v) is 7.18. The fourth-order valence-electron chi connectivity index (χ4n) is 1.41. The Morgan fingerprint density at radius 3 is 2.86 bits per heavy atom. The highest BCUT2D eigenvalue weighted by molar-refractivity contribution is 7.90. The number of ether oxygens (including phenoxy) is 1. The number of nitrogens with zero attached hydrogens (tertiary/aromatic N) is 1. The van der Waals surface area contributed by atoms with Crippen molar-refractivity contribution in [2.24, 2.45) is 0 Å². The fourth-order valence-corrected chi connectivity index (χ4v) is 2.26. The van der Waals surface area contributed by atoms with E-state index >= 15 is 0 Å². The summed E-state index contributed by atoms with van der Waals surface area (Å²) in [4.78, 5) is 2.08. The third-order valence-electron chi connectivity index (χ3n) is 2.28. The molecule has 0 saturated carbocycles. The molecule has 1 heterocycles. The number of hydrogen-bond acceptors (Lipinski definition) is 4. The maximum atomic E-state index is 11.0. The molecule has 0 radical (unpaired) electrons. The smallest absolute Gasteiger partial charge is 0.148 e. The summed E-state index contributed by atoms with van der Waals surface area (Å²) in [5.41, 5.74) is 0. The summed E-state index contributed by atoms with van der Waals surface area (Å²) in [6, 6.07) is 0.159. The summed E-state index contributed by atoms with van der Waals surface area (Å²) in [5, 5.41) is 0. The second-order valence-corrected chi connectivity index (χ2v) is 6.12. The van der Waals surface area contributed by atoms with Crippen LogP contribution in [0.2, 0.25) is 0 Å². The van der Waals surface area contributed by atoms with Crippen molar-refractivity contribution in [1.82, 2.24) is 4.90 Å². The highest BCUT2D eigenvalue weighted by Crippen LogP contribution is 2.08. The van der Waals surface area contributed by atoms with Crippen LogP contribution in [0.5, 0.6) is 0 Å². The molecular formula is C8H16ClNO3S. The van der Waals surface area contributed by atoms with Crippen molar-refractivity contribution < 1.29 is 13.2 Å². The molecule has 0 aromatic rings. The van der Waals surface area contributed by atoms with E-state index in [1.165, 1.54) is 6.26 Å². The molecule has 0 bridgehead atoms. The van der Waals surface area contributed by atoms with E-state index in [1.54, 1.807) is 0 Å². The number of halogens is 1. The maximum absolute atomic E-state index is 11.0. The largest absolute Gasteiger partial charge is 0.378 e. The molecule has 0 N–H and O–H groups in total. The van der Waals surface area contributed by atoms with Gasteiger partial charge in [-0.05, 0) is 0 Å². The third-order valence-corrected chi connectivity index (χ3v) is 3.56. The van der Waals surface area contributed by atoms with Crippen LogP contribution in [0.3, 0.4) is 0 Å². The lowest BCUT2D eigenvalue weighted by Crippen LogP contribution is -2.48. The van der Waals surface area contributed by atoms with E-state index in [0.717, 1.165) is 6.54 Å². The predicted molar refractivity (Wildman–Crippen MR) is 56.6 cm³/mol. The number of hydrogen-bond donors (Lipinski definition) is 0. The van der Waals surface area contributed by atoms with Crippen LogP contribution in [0.15, 0.2) is 0 Å². The minimum Gasteiger partial charge on any atom is -0.378 e. The number of sulfone groups is 1. The van der Waals surface area contributed by atoms with Gasteiger partial charge in [-0.3, -0.25) is 4.90 Å². The summed E-state index contributed by atoms with van der Waals surface area (Å²) >= 11 is 5.75. The van der Waals surface area contributed by atoms with Crippen LogP contribution in [-0.2, 0) is 14.6 Å². The van der Waals surface area contributed by atoms with Crippen molar-refractivity contribution in [2.45, 2.75) is 6.04 Å². The van der Waals surface area contributed by atoms with Crippen molar-refractivity contribution in [2.75, 3.05) is 44.2 Å². The van der Waals surface area contributed by atoms with Gasteiger partial charge in [0.25, 0.3) is 0 Å². The van der Waals surface area contributed by atoms with Gasteiger partial charge in [-0.15, -0.1) is 11.6 Å². The highest BCUT2D eigenvalue weighted by Gasteiger charge is 2.22. The molecule has 0 aromatic heterocycles. The fraction of sp³-hybridized carbons (Fsp3) is 1.00. The topological polar surface area (TPSA) is 46.6 Å². The Bertz CT molecular complexity index is 268. The first-order valence-electron chi connectivity index (χ1n) is 4.58. The van der Waals surface area contributed by atoms with Crippen LogP contribution >= 0.6 is 11.6 Å². The van der Waals surface area contributed by atoms with Crippen LogP contribution in [0.25, 0.3) is 0 Å². The monoisotopic (exact) mass is 241 g/mol. The SMILES string of the molecule is CS(=O)(=O)CCN1CCOCC1CCl. The van der Waals surface area contributed by atoms with Crippen LogP contribution in [0.4, 0.5) is 0 Å². The van der Waals surface area contributed by atoms with E-state index < -0.39 is 9.84 Å². The summed E-state index contributed by atoms with van der Waals surface area (Å²) < 4.78 is 27.2. The van der Waals surface area contributed by atoms with Gasteiger partial charge < -0.3 is 4.74 Å². The van der Waals surface area contributed by atoms with E-state index in [9.17, 15) is 8.42 Å². The molecule has 1 saturated heterocycles. The molecule has 1 fully saturated rings. The molecule has 0 spiro atoms. The van der Waals surface area contributed by atoms with Crippen molar-refractivity contribution >= 4 is 21.4 Å². The van der Waals surface area contributed by atoms with Gasteiger partial charge in [-0.2, -0.15) is 0 Å². The second-order valence-electron chi connectivity index (χ2n) is 3.55. The lowest BCUT2D eigenvalue weighted by Gasteiger charge is -2.34. The van der Waals surface area contributed by atoms with Crippen molar-refractivity contribution in [3.8, 4) is 0 Å². The summed E-state index contributed by atoms with van der Waals surface area (Å²) in [6.45, 7) is 2.59. The van der Waals surface area contributed by atoms with Crippen LogP contribution < -0.4 is 0 Å². The molecule has 1 atom stereocenters. The van der Waals surface area contributed by atoms with Gasteiger partial charge in [0.05, 0.1) is 19.0 Å². The summed E-state index contributed by atoms with van der Waals surface area (Å²) in [6.07, 6.45) is 1.25. The number of morpholine rings is 1. The van der Waals surface area contributed by atoms with E-state index in [2.05, 4.69) is 4.90 Å². The normalized spacial score (nSPS) is 25.1. The van der Waals surface area contributed by atoms with Gasteiger partial charge in [0.2, 0.25) is 0 Å². The lowest BCUT2D eigenvalue weighted by atomic mass is 10.2. The zero-order chi connectivity index (χ0) is 10.6. The first kappa shape index (κ1) is 12.2. The van der Waals surface area contributed by atoms with Gasteiger partial charge in [-0.25, -0.2) is 8.42 Å². The van der Waals surface area contributed by atoms with Gasteiger partial charge in [-0.1, -0.05) is 0 Å². The van der Waals surface area contributed by atoms with Gasteiger partial charge in [0.15, 0.2) is 0 Å². The zero-order valence-electron chi connectivity index (χ0n) is 8.28. The second kappa shape index (κ2) is 5.30. The maximum Gasteiger partial charge on any atom is 0.148 e. The Morgan fingerprint density at radius 1 is 1.57 bits per heavy atom. The molecule has 0 aromatic carbocycles. The molecule has 0 amide bonds. The number of rotatable bonds is 4. The highest BCUT2D eigenvalue weighted by atomic mass is 35.5. The molecule has 1 aliphatic heterocycles. The molecule has 0 aliphatic carbocycles. The Hall–Kier alpha value is 0.160. The third kappa shape index (κ3) is 4.13. The van der Waals surface area contributed by atoms with Gasteiger partial charge >= 0.3 is 0 Å². The van der Waals surface area contributed by atoms with Crippen LogP contribution in [-0.4, -0.2) is 63.6 Å². The Kier molecular flexibility index (Phi) is 4.63. The van der Waals surface area contributed by atoms with Crippen molar-refractivity contribution in [3.63, 3.8) is 0 Å². The molecule has 14 heavy (non-hydrogen) atoms. The summed E-state index contributed by atoms with van der Waals surface area (Å²) in [5.74, 6) is 0.685. The molecular weight excluding hydrogens is 226 g/mol. The zero-order valence-corrected chi connectivity index (χ0v) is 9.85. The van der Waals surface area contributed by atoms with E-state index in [-0.39, 0.29) is 11.8 Å². The van der Waals surface area contributed by atoms with Crippen LogP contribution in [0, 0.1) is 0 Å². The number of alkyl halides is 1. The average molecular weight is 242 g/mol. The van der Waals surface area contributed by atoms with E-state index in [1.807, 2.05) is 0 Å². The Labute approximate surface area is 90.1 Å². The minimum atomic E-state index is -2.88. The van der Waals surface area contributed by atoms with Crippen molar-refractivity contribution in [1.29, 1.82) is 0 Å². The molecule has 4 nitrogen and oxygen atoms in total. The average Bonchev–Trinajstić information content (AvgIpc) is 2.14. The van der Waals surface area contributed by atoms with Crippen molar-refractivity contribution in [3.05, 3.63) is 0 Å². The summed E-state index contributed by atoms with van der Waals surface area (Å²) in [7, 11) is -2.88.